The summed E-state index contributed by atoms with van der Waals surface area (Å²) < 4.78 is 0. The average molecular weight is 254 g/mol. The second kappa shape index (κ2) is 5.28. The third-order valence-corrected chi connectivity index (χ3v) is 3.68. The van der Waals surface area contributed by atoms with Crippen LogP contribution in [0.15, 0.2) is 42.6 Å². The lowest BCUT2D eigenvalue weighted by Crippen LogP contribution is -2.26. The van der Waals surface area contributed by atoms with Gasteiger partial charge in [-0.1, -0.05) is 24.3 Å². The fraction of sp³-hybridized carbons (Fsp3) is 0.267. The number of fused-ring (bicyclic) bond motifs is 1. The van der Waals surface area contributed by atoms with E-state index in [9.17, 15) is 0 Å². The first-order valence-electron chi connectivity index (χ1n) is 6.61. The van der Waals surface area contributed by atoms with Gasteiger partial charge in [-0.2, -0.15) is 0 Å². The van der Waals surface area contributed by atoms with Gasteiger partial charge >= 0.3 is 0 Å². The molecule has 1 aliphatic heterocycles. The van der Waals surface area contributed by atoms with Gasteiger partial charge in [0.1, 0.15) is 5.82 Å². The van der Waals surface area contributed by atoms with E-state index in [1.807, 2.05) is 12.1 Å². The first-order chi connectivity index (χ1) is 9.36. The number of nitrogens with one attached hydrogen (secondary N) is 1. The summed E-state index contributed by atoms with van der Waals surface area (Å²) in [6.45, 7) is 2.07. The SMILES string of the molecule is NNc1cc(N2CCc3ccccc3CC2)ccn1. The first kappa shape index (κ1) is 12.0. The molecule has 3 rings (SSSR count). The van der Waals surface area contributed by atoms with Crippen molar-refractivity contribution < 1.29 is 0 Å². The van der Waals surface area contributed by atoms with Gasteiger partial charge in [0, 0.05) is 31.0 Å². The lowest BCUT2D eigenvalue weighted by atomic mass is 10.0. The molecule has 2 aromatic rings. The highest BCUT2D eigenvalue weighted by Crippen LogP contribution is 2.22. The van der Waals surface area contributed by atoms with Crippen molar-refractivity contribution in [1.29, 1.82) is 0 Å². The number of nitrogens with zero attached hydrogens (tertiary/aromatic N) is 2. The molecule has 98 valence electrons. The van der Waals surface area contributed by atoms with Crippen LogP contribution in [0, 0.1) is 0 Å². The summed E-state index contributed by atoms with van der Waals surface area (Å²) in [6, 6.07) is 12.7. The lowest BCUT2D eigenvalue weighted by Gasteiger charge is -2.22. The predicted octanol–water partition coefficient (Wildman–Crippen LogP) is 1.97. The molecule has 19 heavy (non-hydrogen) atoms. The van der Waals surface area contributed by atoms with Crippen molar-refractivity contribution in [3.05, 3.63) is 53.7 Å². The monoisotopic (exact) mass is 254 g/mol. The van der Waals surface area contributed by atoms with Crippen LogP contribution in [0.1, 0.15) is 11.1 Å². The summed E-state index contributed by atoms with van der Waals surface area (Å²) in [6.07, 6.45) is 3.97. The highest BCUT2D eigenvalue weighted by Gasteiger charge is 2.14. The van der Waals surface area contributed by atoms with Crippen LogP contribution in [0.3, 0.4) is 0 Å². The van der Waals surface area contributed by atoms with Crippen molar-refractivity contribution in [1.82, 2.24) is 4.98 Å². The third-order valence-electron chi connectivity index (χ3n) is 3.68. The molecule has 1 aromatic carbocycles. The van der Waals surface area contributed by atoms with Crippen LogP contribution in [0.25, 0.3) is 0 Å². The molecule has 0 spiro atoms. The number of hydrazine groups is 1. The van der Waals surface area contributed by atoms with Gasteiger partial charge in [-0.05, 0) is 30.0 Å². The number of hydrogen-bond donors (Lipinski definition) is 2. The second-order valence-electron chi connectivity index (χ2n) is 4.80. The van der Waals surface area contributed by atoms with Gasteiger partial charge in [0.15, 0.2) is 0 Å². The van der Waals surface area contributed by atoms with Gasteiger partial charge in [-0.25, -0.2) is 10.8 Å². The van der Waals surface area contributed by atoms with E-state index in [4.69, 9.17) is 5.84 Å². The molecule has 0 atom stereocenters. The maximum atomic E-state index is 5.42. The minimum Gasteiger partial charge on any atom is -0.371 e. The zero-order chi connectivity index (χ0) is 13.1. The van der Waals surface area contributed by atoms with Gasteiger partial charge in [0.2, 0.25) is 0 Å². The molecule has 0 saturated heterocycles. The lowest BCUT2D eigenvalue weighted by molar-refractivity contribution is 0.805. The van der Waals surface area contributed by atoms with Crippen LogP contribution in [0.2, 0.25) is 0 Å². The molecule has 0 fully saturated rings. The molecule has 1 aromatic heterocycles. The molecule has 2 heterocycles. The van der Waals surface area contributed by atoms with Crippen molar-refractivity contribution in [3.8, 4) is 0 Å². The molecule has 3 N–H and O–H groups in total. The minimum atomic E-state index is 0.708. The normalized spacial score (nSPS) is 14.7. The van der Waals surface area contributed by atoms with Gasteiger partial charge in [0.25, 0.3) is 0 Å². The average Bonchev–Trinajstić information content (AvgIpc) is 2.70. The number of pyridine rings is 1. The zero-order valence-electron chi connectivity index (χ0n) is 10.8. The Morgan fingerprint density at radius 3 is 2.37 bits per heavy atom. The molecule has 1 aliphatic rings. The topological polar surface area (TPSA) is 54.2 Å². The Labute approximate surface area is 113 Å². The Hall–Kier alpha value is -2.07. The Morgan fingerprint density at radius 1 is 1.05 bits per heavy atom. The van der Waals surface area contributed by atoms with Crippen molar-refractivity contribution in [2.45, 2.75) is 12.8 Å². The van der Waals surface area contributed by atoms with Crippen LogP contribution in [0.5, 0.6) is 0 Å². The molecule has 0 unspecified atom stereocenters. The number of aromatic nitrogens is 1. The van der Waals surface area contributed by atoms with E-state index >= 15 is 0 Å². The Bertz CT molecular complexity index is 541. The van der Waals surface area contributed by atoms with E-state index in [-0.39, 0.29) is 0 Å². The summed E-state index contributed by atoms with van der Waals surface area (Å²) in [5.41, 5.74) is 6.72. The Balaban J connectivity index is 1.81. The van der Waals surface area contributed by atoms with Gasteiger partial charge < -0.3 is 10.3 Å². The van der Waals surface area contributed by atoms with E-state index in [1.165, 1.54) is 16.8 Å². The maximum absolute atomic E-state index is 5.42. The number of hydrogen-bond acceptors (Lipinski definition) is 4. The van der Waals surface area contributed by atoms with Crippen molar-refractivity contribution in [2.75, 3.05) is 23.4 Å². The van der Waals surface area contributed by atoms with Gasteiger partial charge in [0.05, 0.1) is 0 Å². The van der Waals surface area contributed by atoms with E-state index in [1.54, 1.807) is 6.20 Å². The quantitative estimate of drug-likeness (QED) is 0.635. The highest BCUT2D eigenvalue weighted by molar-refractivity contribution is 5.54. The van der Waals surface area contributed by atoms with Crippen molar-refractivity contribution in [3.63, 3.8) is 0 Å². The smallest absolute Gasteiger partial charge is 0.141 e. The molecule has 0 amide bonds. The third kappa shape index (κ3) is 2.53. The largest absolute Gasteiger partial charge is 0.371 e. The molecule has 0 radical (unpaired) electrons. The Kier molecular flexibility index (Phi) is 3.33. The van der Waals surface area contributed by atoms with Crippen LogP contribution in [-0.4, -0.2) is 18.1 Å². The summed E-state index contributed by atoms with van der Waals surface area (Å²) in [5.74, 6) is 6.12. The fourth-order valence-electron chi connectivity index (χ4n) is 2.62. The molecular formula is C15H18N4. The number of nitrogens with two attached hydrogens (primary N) is 1. The summed E-state index contributed by atoms with van der Waals surface area (Å²) in [5, 5.41) is 0. The fourth-order valence-corrected chi connectivity index (χ4v) is 2.62. The number of rotatable bonds is 2. The first-order valence-corrected chi connectivity index (χ1v) is 6.61. The molecule has 4 heteroatoms. The zero-order valence-corrected chi connectivity index (χ0v) is 10.8. The molecule has 0 saturated carbocycles. The molecule has 0 aliphatic carbocycles. The van der Waals surface area contributed by atoms with Crippen LogP contribution in [-0.2, 0) is 12.8 Å². The van der Waals surface area contributed by atoms with Crippen LogP contribution >= 0.6 is 0 Å². The maximum Gasteiger partial charge on any atom is 0.141 e. The number of anilines is 2. The van der Waals surface area contributed by atoms with Crippen LogP contribution in [0.4, 0.5) is 11.5 Å². The van der Waals surface area contributed by atoms with Crippen molar-refractivity contribution >= 4 is 11.5 Å². The van der Waals surface area contributed by atoms with Crippen LogP contribution < -0.4 is 16.2 Å². The summed E-state index contributed by atoms with van der Waals surface area (Å²) >= 11 is 0. The Morgan fingerprint density at radius 2 is 1.74 bits per heavy atom. The summed E-state index contributed by atoms with van der Waals surface area (Å²) in [7, 11) is 0. The minimum absolute atomic E-state index is 0.708. The summed E-state index contributed by atoms with van der Waals surface area (Å²) in [4.78, 5) is 6.54. The van der Waals surface area contributed by atoms with Crippen molar-refractivity contribution in [2.24, 2.45) is 5.84 Å². The highest BCUT2D eigenvalue weighted by atomic mass is 15.2. The standard InChI is InChI=1S/C15H18N4/c16-18-15-11-14(5-8-17-15)19-9-6-12-3-1-2-4-13(12)7-10-19/h1-5,8,11H,6-7,9-10,16H2,(H,17,18). The number of benzene rings is 1. The van der Waals surface area contributed by atoms with E-state index in [0.717, 1.165) is 25.9 Å². The van der Waals surface area contributed by atoms with E-state index in [0.29, 0.717) is 5.82 Å². The molecular weight excluding hydrogens is 236 g/mol. The van der Waals surface area contributed by atoms with Gasteiger partial charge in [-0.15, -0.1) is 0 Å². The predicted molar refractivity (Wildman–Crippen MR) is 78.1 cm³/mol. The molecule has 0 bridgehead atoms. The van der Waals surface area contributed by atoms with Gasteiger partial charge in [-0.3, -0.25) is 0 Å². The van der Waals surface area contributed by atoms with E-state index in [2.05, 4.69) is 39.6 Å². The number of nitrogen functional groups attached to an aromatic ring is 1. The molecule has 4 nitrogen and oxygen atoms in total. The van der Waals surface area contributed by atoms with E-state index < -0.39 is 0 Å². The second-order valence-corrected chi connectivity index (χ2v) is 4.80.